The van der Waals surface area contributed by atoms with Gasteiger partial charge >= 0.3 is 0 Å². The van der Waals surface area contributed by atoms with Gasteiger partial charge in [0.05, 0.1) is 15.7 Å². The molecule has 0 aromatic heterocycles. The van der Waals surface area contributed by atoms with E-state index in [1.807, 2.05) is 0 Å². The first-order valence-electron chi connectivity index (χ1n) is 5.89. The van der Waals surface area contributed by atoms with Crippen LogP contribution in [0.2, 0.25) is 5.21 Å². The third kappa shape index (κ3) is 2.81. The first kappa shape index (κ1) is 14.1. The van der Waals surface area contributed by atoms with Crippen molar-refractivity contribution in [2.24, 2.45) is 11.3 Å². The number of unbranched alkanes of at least 4 members (excludes halogenated alkanes) is 1. The summed E-state index contributed by atoms with van der Waals surface area (Å²) in [5.41, 5.74) is 0.0666. The van der Waals surface area contributed by atoms with E-state index in [0.29, 0.717) is 5.92 Å². The first-order chi connectivity index (χ1) is 6.31. The van der Waals surface area contributed by atoms with E-state index in [1.54, 1.807) is 0 Å². The Morgan fingerprint density at radius 3 is 1.93 bits per heavy atom. The van der Waals surface area contributed by atoms with Crippen molar-refractivity contribution in [2.45, 2.75) is 65.5 Å². The summed E-state index contributed by atoms with van der Waals surface area (Å²) in [5, 5.41) is -0.545. The van der Waals surface area contributed by atoms with Crippen molar-refractivity contribution in [3.63, 3.8) is 0 Å². The SMILES string of the molecule is [B]C([B])(C(C)C)C(C)(CC)CCCC. The molecule has 0 spiro atoms. The van der Waals surface area contributed by atoms with E-state index in [9.17, 15) is 0 Å². The highest BCUT2D eigenvalue weighted by atomic mass is 14.4. The van der Waals surface area contributed by atoms with Gasteiger partial charge in [0, 0.05) is 0 Å². The van der Waals surface area contributed by atoms with Crippen molar-refractivity contribution in [2.75, 3.05) is 0 Å². The van der Waals surface area contributed by atoms with Crippen molar-refractivity contribution >= 4 is 15.7 Å². The Labute approximate surface area is 93.1 Å². The van der Waals surface area contributed by atoms with Gasteiger partial charge in [-0.3, -0.25) is 0 Å². The Balaban J connectivity index is 4.65. The van der Waals surface area contributed by atoms with Crippen molar-refractivity contribution in [3.05, 3.63) is 0 Å². The minimum atomic E-state index is -0.545. The van der Waals surface area contributed by atoms with Crippen LogP contribution in [0, 0.1) is 11.3 Å². The van der Waals surface area contributed by atoms with Crippen LogP contribution in [0.25, 0.3) is 0 Å². The number of hydrogen-bond acceptors (Lipinski definition) is 0. The molecule has 0 heterocycles. The fourth-order valence-corrected chi connectivity index (χ4v) is 1.96. The molecule has 4 radical (unpaired) electrons. The number of rotatable bonds is 6. The fourth-order valence-electron chi connectivity index (χ4n) is 1.96. The van der Waals surface area contributed by atoms with Crippen LogP contribution in [0.5, 0.6) is 0 Å². The first-order valence-corrected chi connectivity index (χ1v) is 5.89. The van der Waals surface area contributed by atoms with E-state index in [-0.39, 0.29) is 5.41 Å². The molecule has 0 rings (SSSR count). The molecule has 0 aliphatic rings. The van der Waals surface area contributed by atoms with Gasteiger partial charge in [-0.1, -0.05) is 65.0 Å². The van der Waals surface area contributed by atoms with Gasteiger partial charge in [-0.15, -0.1) is 0 Å². The minimum Gasteiger partial charge on any atom is -0.0916 e. The highest BCUT2D eigenvalue weighted by molar-refractivity contribution is 6.40. The highest BCUT2D eigenvalue weighted by Gasteiger charge is 2.39. The Morgan fingerprint density at radius 2 is 1.64 bits per heavy atom. The van der Waals surface area contributed by atoms with Gasteiger partial charge < -0.3 is 0 Å². The molecule has 0 saturated carbocycles. The van der Waals surface area contributed by atoms with Gasteiger partial charge in [-0.2, -0.15) is 0 Å². The summed E-state index contributed by atoms with van der Waals surface area (Å²) in [6.45, 7) is 10.8. The van der Waals surface area contributed by atoms with Gasteiger partial charge in [0.2, 0.25) is 0 Å². The summed E-state index contributed by atoms with van der Waals surface area (Å²) in [6.07, 6.45) is 4.61. The second kappa shape index (κ2) is 5.28. The van der Waals surface area contributed by atoms with Gasteiger partial charge in [-0.25, -0.2) is 0 Å². The molecule has 0 aromatic carbocycles. The van der Waals surface area contributed by atoms with E-state index in [0.717, 1.165) is 12.8 Å². The molecule has 0 aliphatic carbocycles. The zero-order valence-corrected chi connectivity index (χ0v) is 10.6. The molecule has 78 valence electrons. The van der Waals surface area contributed by atoms with E-state index < -0.39 is 5.21 Å². The third-order valence-corrected chi connectivity index (χ3v) is 3.86. The lowest BCUT2D eigenvalue weighted by Gasteiger charge is -2.48. The molecule has 0 N–H and O–H groups in total. The van der Waals surface area contributed by atoms with Gasteiger partial charge in [0.1, 0.15) is 0 Å². The molecule has 1 unspecified atom stereocenters. The zero-order chi connectivity index (χ0) is 11.4. The summed E-state index contributed by atoms with van der Waals surface area (Å²) in [4.78, 5) is 0. The molecular weight excluding hydrogens is 166 g/mol. The lowest BCUT2D eigenvalue weighted by atomic mass is 9.37. The van der Waals surface area contributed by atoms with E-state index in [1.165, 1.54) is 12.8 Å². The average Bonchev–Trinajstić information content (AvgIpc) is 2.13. The van der Waals surface area contributed by atoms with Crippen LogP contribution >= 0.6 is 0 Å². The second-order valence-electron chi connectivity index (χ2n) is 5.11. The summed E-state index contributed by atoms with van der Waals surface area (Å²) in [5.74, 6) is 0.323. The van der Waals surface area contributed by atoms with Crippen LogP contribution < -0.4 is 0 Å². The van der Waals surface area contributed by atoms with Crippen LogP contribution in [-0.2, 0) is 0 Å². The van der Waals surface area contributed by atoms with Gasteiger partial charge in [0.15, 0.2) is 0 Å². The van der Waals surface area contributed by atoms with Crippen molar-refractivity contribution < 1.29 is 0 Å². The summed E-state index contributed by atoms with van der Waals surface area (Å²) in [6, 6.07) is 0. The molecular formula is C12H24B2. The maximum atomic E-state index is 6.27. The molecule has 0 aliphatic heterocycles. The fraction of sp³-hybridized carbons (Fsp3) is 1.00. The lowest BCUT2D eigenvalue weighted by molar-refractivity contribution is 0.192. The summed E-state index contributed by atoms with van der Waals surface area (Å²) < 4.78 is 0. The Morgan fingerprint density at radius 1 is 1.14 bits per heavy atom. The molecule has 0 bridgehead atoms. The predicted octanol–water partition coefficient (Wildman–Crippen LogP) is 3.70. The standard InChI is InChI=1S/C12H24B2/c1-6-8-9-11(5,7-2)12(13,14)10(3)4/h10H,6-9H2,1-5H3. The molecule has 0 saturated heterocycles. The molecule has 0 aromatic rings. The largest absolute Gasteiger partial charge is 0.0916 e. The van der Waals surface area contributed by atoms with Crippen LogP contribution in [0.15, 0.2) is 0 Å². The highest BCUT2D eigenvalue weighted by Crippen LogP contribution is 2.51. The van der Waals surface area contributed by atoms with E-state index >= 15 is 0 Å². The number of hydrogen-bond donors (Lipinski definition) is 0. The summed E-state index contributed by atoms with van der Waals surface area (Å²) in [7, 11) is 12.5. The Bertz CT molecular complexity index is 164. The topological polar surface area (TPSA) is 0 Å². The monoisotopic (exact) mass is 190 g/mol. The average molecular weight is 190 g/mol. The van der Waals surface area contributed by atoms with Crippen molar-refractivity contribution in [3.8, 4) is 0 Å². The molecule has 1 atom stereocenters. The zero-order valence-electron chi connectivity index (χ0n) is 10.6. The quantitative estimate of drug-likeness (QED) is 0.560. The third-order valence-electron chi connectivity index (χ3n) is 3.86. The minimum absolute atomic E-state index is 0.0666. The van der Waals surface area contributed by atoms with Crippen molar-refractivity contribution in [1.29, 1.82) is 0 Å². The predicted molar refractivity (Wildman–Crippen MR) is 67.0 cm³/mol. The lowest BCUT2D eigenvalue weighted by Crippen LogP contribution is -2.38. The molecule has 2 heteroatoms. The van der Waals surface area contributed by atoms with Crippen LogP contribution in [-0.4, -0.2) is 15.7 Å². The molecule has 14 heavy (non-hydrogen) atoms. The molecule has 0 amide bonds. The van der Waals surface area contributed by atoms with E-state index in [4.69, 9.17) is 15.7 Å². The maximum Gasteiger partial charge on any atom is 0.0631 e. The van der Waals surface area contributed by atoms with Crippen molar-refractivity contribution in [1.82, 2.24) is 0 Å². The van der Waals surface area contributed by atoms with Crippen LogP contribution in [0.3, 0.4) is 0 Å². The molecule has 0 fully saturated rings. The normalized spacial score (nSPS) is 17.0. The van der Waals surface area contributed by atoms with Gasteiger partial charge in [-0.05, 0) is 11.8 Å². The second-order valence-corrected chi connectivity index (χ2v) is 5.11. The van der Waals surface area contributed by atoms with E-state index in [2.05, 4.69) is 34.6 Å². The molecule has 0 nitrogen and oxygen atoms in total. The Kier molecular flexibility index (Phi) is 5.33. The Hall–Kier alpha value is 0.130. The maximum absolute atomic E-state index is 6.27. The van der Waals surface area contributed by atoms with Gasteiger partial charge in [0.25, 0.3) is 0 Å². The smallest absolute Gasteiger partial charge is 0.0631 e. The van der Waals surface area contributed by atoms with Crippen LogP contribution in [0.4, 0.5) is 0 Å². The summed E-state index contributed by atoms with van der Waals surface area (Å²) >= 11 is 0. The van der Waals surface area contributed by atoms with Crippen LogP contribution in [0.1, 0.15) is 60.3 Å².